The molecule has 0 saturated carbocycles. The Hall–Kier alpha value is -1.41. The standard InChI is InChI=1S/C16H21NO/c1-5-13-11-15(18-4)10-12(2)16(13)14-6-8-17(3)9-7-14/h6,10-11H,2-3,5,7-9H2,1,4H3/q-2. The van der Waals surface area contributed by atoms with Crippen molar-refractivity contribution in [3.8, 4) is 5.75 Å². The average molecular weight is 243 g/mol. The Morgan fingerprint density at radius 1 is 1.50 bits per heavy atom. The lowest BCUT2D eigenvalue weighted by molar-refractivity contribution is 0.393. The number of piperidine rings is 1. The van der Waals surface area contributed by atoms with Gasteiger partial charge in [-0.3, -0.25) is 7.05 Å². The molecule has 1 aromatic carbocycles. The van der Waals surface area contributed by atoms with Crippen molar-refractivity contribution in [1.82, 2.24) is 4.90 Å². The van der Waals surface area contributed by atoms with Gasteiger partial charge in [0.2, 0.25) is 0 Å². The predicted octanol–water partition coefficient (Wildman–Crippen LogP) is 1.52. The molecule has 0 aliphatic carbocycles. The highest BCUT2D eigenvalue weighted by Gasteiger charge is 2.02. The summed E-state index contributed by atoms with van der Waals surface area (Å²) in [7, 11) is 5.67. The van der Waals surface area contributed by atoms with Crippen molar-refractivity contribution in [2.75, 3.05) is 20.2 Å². The van der Waals surface area contributed by atoms with Crippen LogP contribution in [0.1, 0.15) is 18.9 Å². The van der Waals surface area contributed by atoms with Gasteiger partial charge in [0, 0.05) is 0 Å². The van der Waals surface area contributed by atoms with E-state index in [1.54, 1.807) is 7.11 Å². The number of hydrogen-bond donors (Lipinski definition) is 0. The molecule has 0 bridgehead atoms. The van der Waals surface area contributed by atoms with Crippen molar-refractivity contribution in [2.45, 2.75) is 19.8 Å². The van der Waals surface area contributed by atoms with E-state index in [1.807, 2.05) is 6.07 Å². The molecular formula is C16H21NO-2. The summed E-state index contributed by atoms with van der Waals surface area (Å²) >= 11 is 0. The van der Waals surface area contributed by atoms with Gasteiger partial charge in [-0.05, 0) is 31.5 Å². The topological polar surface area (TPSA) is 12.5 Å². The maximum absolute atomic E-state index is 5.32. The molecule has 98 valence electrons. The Bertz CT molecular complexity index is 523. The molecule has 1 fully saturated rings. The molecule has 2 rings (SSSR count). The second-order valence-corrected chi connectivity index (χ2v) is 4.73. The fourth-order valence-electron chi connectivity index (χ4n) is 2.48. The number of ether oxygens (including phenoxy) is 1. The third kappa shape index (κ3) is 2.54. The smallest absolute Gasteiger partial charge is 0.116 e. The molecule has 1 aromatic rings. The number of nitrogens with zero attached hydrogens (tertiary/aromatic N) is 1. The van der Waals surface area contributed by atoms with Crippen LogP contribution in [-0.4, -0.2) is 25.1 Å². The van der Waals surface area contributed by atoms with Gasteiger partial charge < -0.3 is 9.64 Å². The zero-order valence-corrected chi connectivity index (χ0v) is 11.3. The number of rotatable bonds is 2. The molecule has 0 radical (unpaired) electrons. The molecule has 2 heteroatoms. The third-order valence-corrected chi connectivity index (χ3v) is 3.51. The lowest BCUT2D eigenvalue weighted by atomic mass is 9.96. The van der Waals surface area contributed by atoms with Crippen molar-refractivity contribution in [1.29, 1.82) is 0 Å². The fraction of sp³-hybridized carbons (Fsp3) is 0.375. The van der Waals surface area contributed by atoms with Gasteiger partial charge in [0.15, 0.2) is 0 Å². The monoisotopic (exact) mass is 243 g/mol. The van der Waals surface area contributed by atoms with Crippen LogP contribution < -0.4 is 15.2 Å². The molecular weight excluding hydrogens is 222 g/mol. The van der Waals surface area contributed by atoms with Gasteiger partial charge in [0.1, 0.15) is 5.75 Å². The van der Waals surface area contributed by atoms with Crippen molar-refractivity contribution in [3.05, 3.63) is 41.6 Å². The van der Waals surface area contributed by atoms with Crippen LogP contribution in [0.4, 0.5) is 0 Å². The second kappa shape index (κ2) is 5.49. The van der Waals surface area contributed by atoms with Crippen molar-refractivity contribution >= 4 is 12.2 Å². The number of hydrogen-bond acceptors (Lipinski definition) is 2. The van der Waals surface area contributed by atoms with E-state index in [1.165, 1.54) is 16.4 Å². The molecule has 0 N–H and O–H groups in total. The van der Waals surface area contributed by atoms with Gasteiger partial charge in [-0.1, -0.05) is 13.5 Å². The van der Waals surface area contributed by atoms with E-state index in [9.17, 15) is 0 Å². The zero-order valence-electron chi connectivity index (χ0n) is 11.3. The first-order chi connectivity index (χ1) is 8.65. The Morgan fingerprint density at radius 3 is 2.83 bits per heavy atom. The summed E-state index contributed by atoms with van der Waals surface area (Å²) in [5, 5.41) is 2.38. The molecule has 0 amide bonds. The van der Waals surface area contributed by atoms with E-state index in [2.05, 4.69) is 37.9 Å². The minimum atomic E-state index is 0.899. The Morgan fingerprint density at radius 2 is 2.28 bits per heavy atom. The summed E-state index contributed by atoms with van der Waals surface area (Å²) in [4.78, 5) is 2.08. The Kier molecular flexibility index (Phi) is 3.97. The van der Waals surface area contributed by atoms with E-state index in [-0.39, 0.29) is 0 Å². The van der Waals surface area contributed by atoms with E-state index < -0.39 is 0 Å². The van der Waals surface area contributed by atoms with Crippen LogP contribution in [0, 0.1) is 13.5 Å². The maximum atomic E-state index is 5.32. The Balaban J connectivity index is 2.56. The average Bonchev–Trinajstić information content (AvgIpc) is 2.39. The Labute approximate surface area is 110 Å². The minimum absolute atomic E-state index is 0.899. The summed E-state index contributed by atoms with van der Waals surface area (Å²) in [5.41, 5.74) is 2.72. The van der Waals surface area contributed by atoms with Crippen molar-refractivity contribution < 1.29 is 4.74 Å². The normalized spacial score (nSPS) is 19.5. The molecule has 2 nitrogen and oxygen atoms in total. The lowest BCUT2D eigenvalue weighted by Gasteiger charge is -2.37. The predicted molar refractivity (Wildman–Crippen MR) is 76.4 cm³/mol. The number of methoxy groups -OCH3 is 1. The van der Waals surface area contributed by atoms with Crippen LogP contribution in [0.3, 0.4) is 0 Å². The summed E-state index contributed by atoms with van der Waals surface area (Å²) in [6.45, 7) is 8.29. The molecule has 0 spiro atoms. The fourth-order valence-corrected chi connectivity index (χ4v) is 2.48. The maximum Gasteiger partial charge on any atom is 0.116 e. The van der Waals surface area contributed by atoms with Gasteiger partial charge in [-0.15, -0.1) is 17.4 Å². The van der Waals surface area contributed by atoms with Gasteiger partial charge in [0.05, 0.1) is 7.11 Å². The largest absolute Gasteiger partial charge is 0.497 e. The highest BCUT2D eigenvalue weighted by molar-refractivity contribution is 5.58. The summed E-state index contributed by atoms with van der Waals surface area (Å²) < 4.78 is 5.32. The highest BCUT2D eigenvalue weighted by atomic mass is 16.5. The molecule has 1 aliphatic rings. The van der Waals surface area contributed by atoms with Crippen molar-refractivity contribution in [2.24, 2.45) is 0 Å². The van der Waals surface area contributed by atoms with Gasteiger partial charge in [-0.2, -0.15) is 5.22 Å². The van der Waals surface area contributed by atoms with Crippen LogP contribution in [0.5, 0.6) is 5.75 Å². The van der Waals surface area contributed by atoms with Gasteiger partial charge in [-0.25, -0.2) is 12.0 Å². The lowest BCUT2D eigenvalue weighted by Crippen LogP contribution is -2.35. The molecule has 0 atom stereocenters. The van der Waals surface area contributed by atoms with Crippen LogP contribution in [0.2, 0.25) is 0 Å². The van der Waals surface area contributed by atoms with Crippen LogP contribution >= 0.6 is 0 Å². The molecule has 1 aliphatic heterocycles. The molecule has 1 heterocycles. The van der Waals surface area contributed by atoms with E-state index >= 15 is 0 Å². The highest BCUT2D eigenvalue weighted by Crippen LogP contribution is 2.15. The van der Waals surface area contributed by atoms with Gasteiger partial charge in [0.25, 0.3) is 0 Å². The minimum Gasteiger partial charge on any atom is -0.497 e. The quantitative estimate of drug-likeness (QED) is 0.730. The summed E-state index contributed by atoms with van der Waals surface area (Å²) in [6.07, 6.45) is 4.32. The van der Waals surface area contributed by atoms with Gasteiger partial charge >= 0.3 is 0 Å². The SMILES string of the molecule is C=c1cc(OC)cc(CC)c1=C1[CH-]CN([CH2-])CC1. The molecule has 18 heavy (non-hydrogen) atoms. The first-order valence-electron chi connectivity index (χ1n) is 6.43. The third-order valence-electron chi connectivity index (χ3n) is 3.51. The molecule has 1 saturated heterocycles. The van der Waals surface area contributed by atoms with Crippen LogP contribution in [-0.2, 0) is 6.42 Å². The zero-order chi connectivity index (χ0) is 13.1. The summed E-state index contributed by atoms with van der Waals surface area (Å²) in [5.74, 6) is 0.899. The second-order valence-electron chi connectivity index (χ2n) is 4.73. The van der Waals surface area contributed by atoms with E-state index in [0.717, 1.165) is 36.9 Å². The molecule has 0 unspecified atom stereocenters. The van der Waals surface area contributed by atoms with Crippen LogP contribution in [0.15, 0.2) is 12.1 Å². The number of likely N-dealkylation sites (tertiary alicyclic amines) is 1. The van der Waals surface area contributed by atoms with E-state index in [0.29, 0.717) is 0 Å². The van der Waals surface area contributed by atoms with Crippen LogP contribution in [0.25, 0.3) is 12.2 Å². The number of benzene rings is 1. The first-order valence-corrected chi connectivity index (χ1v) is 6.43. The summed E-state index contributed by atoms with van der Waals surface area (Å²) in [6, 6.07) is 4.15. The number of aryl methyl sites for hydroxylation is 1. The van der Waals surface area contributed by atoms with Crippen molar-refractivity contribution in [3.63, 3.8) is 0 Å². The first kappa shape index (κ1) is 13.0. The molecule has 0 aromatic heterocycles. The van der Waals surface area contributed by atoms with E-state index in [4.69, 9.17) is 4.74 Å².